The number of methoxy groups -OCH3 is 1. The van der Waals surface area contributed by atoms with Gasteiger partial charge >= 0.3 is 0 Å². The van der Waals surface area contributed by atoms with Crippen LogP contribution >= 0.6 is 0 Å². The molecule has 9 heteroatoms. The molecule has 1 unspecified atom stereocenters. The number of carbonyl (C=O) groups is 2. The zero-order valence-corrected chi connectivity index (χ0v) is 20.3. The smallest absolute Gasteiger partial charge is 0.255 e. The van der Waals surface area contributed by atoms with Gasteiger partial charge in [-0.2, -0.15) is 0 Å². The molecule has 0 spiro atoms. The van der Waals surface area contributed by atoms with E-state index in [0.29, 0.717) is 30.3 Å². The standard InChI is InChI=1S/C26H34N6O3/c1-17(25(33)28-14-13-27)29-26(34)21-12-7-15-32-23(21)31-22(18-8-6-11-20(16-18)35-2)24(32)30-19-9-4-3-5-10-19/h6-8,11-12,15-17,19,30H,3-5,9-10,13-14,27H2,1-2H3,(H,28,33)(H,29,34). The largest absolute Gasteiger partial charge is 0.497 e. The maximum Gasteiger partial charge on any atom is 0.255 e. The van der Waals surface area contributed by atoms with Gasteiger partial charge in [0.05, 0.1) is 12.7 Å². The number of fused-ring (bicyclic) bond motifs is 1. The van der Waals surface area contributed by atoms with Gasteiger partial charge in [0.2, 0.25) is 5.91 Å². The first-order valence-electron chi connectivity index (χ1n) is 12.2. The Balaban J connectivity index is 1.72. The Kier molecular flexibility index (Phi) is 7.87. The van der Waals surface area contributed by atoms with Crippen LogP contribution in [0.25, 0.3) is 16.9 Å². The van der Waals surface area contributed by atoms with Crippen LogP contribution in [0, 0.1) is 0 Å². The van der Waals surface area contributed by atoms with Gasteiger partial charge < -0.3 is 26.4 Å². The van der Waals surface area contributed by atoms with E-state index in [0.717, 1.165) is 35.7 Å². The topological polar surface area (TPSA) is 123 Å². The van der Waals surface area contributed by atoms with Crippen LogP contribution in [-0.4, -0.2) is 53.5 Å². The molecule has 1 aliphatic carbocycles. The lowest BCUT2D eigenvalue weighted by atomic mass is 9.95. The molecule has 2 heterocycles. The van der Waals surface area contributed by atoms with Crippen molar-refractivity contribution in [2.75, 3.05) is 25.5 Å². The monoisotopic (exact) mass is 478 g/mol. The summed E-state index contributed by atoms with van der Waals surface area (Å²) in [5.74, 6) is 0.940. The summed E-state index contributed by atoms with van der Waals surface area (Å²) >= 11 is 0. The van der Waals surface area contributed by atoms with Crippen LogP contribution in [-0.2, 0) is 4.79 Å². The molecule has 0 radical (unpaired) electrons. The number of hydrogen-bond acceptors (Lipinski definition) is 6. The number of nitrogens with zero attached hydrogens (tertiary/aromatic N) is 2. The molecule has 9 nitrogen and oxygen atoms in total. The average molecular weight is 479 g/mol. The Morgan fingerprint density at radius 1 is 1.20 bits per heavy atom. The summed E-state index contributed by atoms with van der Waals surface area (Å²) in [6.07, 6.45) is 7.75. The third kappa shape index (κ3) is 5.57. The first kappa shape index (κ1) is 24.5. The number of nitrogens with two attached hydrogens (primary N) is 1. The van der Waals surface area contributed by atoms with Crippen molar-refractivity contribution in [1.29, 1.82) is 0 Å². The number of rotatable bonds is 9. The van der Waals surface area contributed by atoms with Gasteiger partial charge in [0.25, 0.3) is 5.91 Å². The SMILES string of the molecule is COc1cccc(-c2nc3c(C(=O)NC(C)C(=O)NCCN)cccn3c2NC2CCCCC2)c1. The molecule has 1 saturated carbocycles. The molecule has 4 rings (SSSR count). The van der Waals surface area contributed by atoms with Crippen molar-refractivity contribution in [2.45, 2.75) is 51.1 Å². The number of hydrogen-bond donors (Lipinski definition) is 4. The van der Waals surface area contributed by atoms with Crippen LogP contribution < -0.4 is 26.4 Å². The molecule has 2 amide bonds. The van der Waals surface area contributed by atoms with Crippen molar-refractivity contribution >= 4 is 23.3 Å². The quantitative estimate of drug-likeness (QED) is 0.375. The highest BCUT2D eigenvalue weighted by Crippen LogP contribution is 2.34. The second-order valence-electron chi connectivity index (χ2n) is 8.91. The van der Waals surface area contributed by atoms with Gasteiger partial charge in [-0.1, -0.05) is 31.4 Å². The number of pyridine rings is 1. The fourth-order valence-corrected chi connectivity index (χ4v) is 4.48. The summed E-state index contributed by atoms with van der Waals surface area (Å²) in [4.78, 5) is 30.3. The maximum atomic E-state index is 13.2. The molecular formula is C26H34N6O3. The molecule has 3 aromatic rings. The van der Waals surface area contributed by atoms with Crippen molar-refractivity contribution in [2.24, 2.45) is 5.73 Å². The highest BCUT2D eigenvalue weighted by Gasteiger charge is 2.24. The number of imidazole rings is 1. The number of ether oxygens (including phenoxy) is 1. The van der Waals surface area contributed by atoms with Crippen LogP contribution in [0.5, 0.6) is 5.75 Å². The molecule has 186 valence electrons. The number of nitrogens with one attached hydrogen (secondary N) is 3. The number of carbonyl (C=O) groups excluding carboxylic acids is 2. The van der Waals surface area contributed by atoms with E-state index in [4.69, 9.17) is 15.5 Å². The highest BCUT2D eigenvalue weighted by atomic mass is 16.5. The third-order valence-corrected chi connectivity index (χ3v) is 6.37. The van der Waals surface area contributed by atoms with Gasteiger partial charge in [-0.25, -0.2) is 4.98 Å². The molecule has 0 bridgehead atoms. The summed E-state index contributed by atoms with van der Waals surface area (Å²) < 4.78 is 7.36. The van der Waals surface area contributed by atoms with Crippen LogP contribution in [0.15, 0.2) is 42.6 Å². The van der Waals surface area contributed by atoms with E-state index >= 15 is 0 Å². The van der Waals surface area contributed by atoms with Crippen LogP contribution in [0.3, 0.4) is 0 Å². The summed E-state index contributed by atoms with van der Waals surface area (Å²) in [6.45, 7) is 2.34. The van der Waals surface area contributed by atoms with Crippen LogP contribution in [0.4, 0.5) is 5.82 Å². The van der Waals surface area contributed by atoms with E-state index in [-0.39, 0.29) is 11.8 Å². The second kappa shape index (κ2) is 11.2. The van der Waals surface area contributed by atoms with Crippen molar-refractivity contribution in [3.05, 3.63) is 48.2 Å². The average Bonchev–Trinajstić information content (AvgIpc) is 3.26. The van der Waals surface area contributed by atoms with E-state index < -0.39 is 6.04 Å². The molecule has 1 atom stereocenters. The molecule has 1 fully saturated rings. The van der Waals surface area contributed by atoms with Gasteiger partial charge in [0.1, 0.15) is 23.3 Å². The molecule has 2 aromatic heterocycles. The van der Waals surface area contributed by atoms with Gasteiger partial charge in [0.15, 0.2) is 5.65 Å². The molecular weight excluding hydrogens is 444 g/mol. The van der Waals surface area contributed by atoms with Crippen molar-refractivity contribution < 1.29 is 14.3 Å². The van der Waals surface area contributed by atoms with E-state index in [9.17, 15) is 9.59 Å². The summed E-state index contributed by atoms with van der Waals surface area (Å²) in [7, 11) is 1.64. The third-order valence-electron chi connectivity index (χ3n) is 6.37. The maximum absolute atomic E-state index is 13.2. The molecule has 1 aromatic carbocycles. The van der Waals surface area contributed by atoms with Crippen molar-refractivity contribution in [3.63, 3.8) is 0 Å². The number of anilines is 1. The van der Waals surface area contributed by atoms with E-state index in [1.54, 1.807) is 20.1 Å². The lowest BCUT2D eigenvalue weighted by Crippen LogP contribution is -2.46. The molecule has 5 N–H and O–H groups in total. The van der Waals surface area contributed by atoms with Crippen LogP contribution in [0.1, 0.15) is 49.4 Å². The summed E-state index contributed by atoms with van der Waals surface area (Å²) in [5.41, 5.74) is 8.02. The van der Waals surface area contributed by atoms with Crippen molar-refractivity contribution in [1.82, 2.24) is 20.0 Å². The summed E-state index contributed by atoms with van der Waals surface area (Å²) in [6, 6.07) is 10.9. The van der Waals surface area contributed by atoms with Gasteiger partial charge in [-0.15, -0.1) is 0 Å². The minimum Gasteiger partial charge on any atom is -0.497 e. The Morgan fingerprint density at radius 3 is 2.74 bits per heavy atom. The predicted molar refractivity (Wildman–Crippen MR) is 137 cm³/mol. The Bertz CT molecular complexity index is 1190. The van der Waals surface area contributed by atoms with Crippen LogP contribution in [0.2, 0.25) is 0 Å². The fourth-order valence-electron chi connectivity index (χ4n) is 4.48. The van der Waals surface area contributed by atoms with Gasteiger partial charge in [-0.3, -0.25) is 14.0 Å². The zero-order valence-electron chi connectivity index (χ0n) is 20.3. The van der Waals surface area contributed by atoms with E-state index in [1.165, 1.54) is 19.3 Å². The molecule has 0 aliphatic heterocycles. The summed E-state index contributed by atoms with van der Waals surface area (Å²) in [5, 5.41) is 9.18. The predicted octanol–water partition coefficient (Wildman–Crippen LogP) is 2.95. The molecule has 1 aliphatic rings. The van der Waals surface area contributed by atoms with E-state index in [2.05, 4.69) is 16.0 Å². The normalized spacial score (nSPS) is 14.9. The second-order valence-corrected chi connectivity index (χ2v) is 8.91. The van der Waals surface area contributed by atoms with Gasteiger partial charge in [0, 0.05) is 30.9 Å². The molecule has 0 saturated heterocycles. The minimum absolute atomic E-state index is 0.282. The number of amides is 2. The zero-order chi connectivity index (χ0) is 24.8. The fraction of sp³-hybridized carbons (Fsp3) is 0.423. The Morgan fingerprint density at radius 2 is 2.00 bits per heavy atom. The lowest BCUT2D eigenvalue weighted by molar-refractivity contribution is -0.122. The Labute approximate surface area is 205 Å². The Hall–Kier alpha value is -3.59. The van der Waals surface area contributed by atoms with Crippen molar-refractivity contribution in [3.8, 4) is 17.0 Å². The van der Waals surface area contributed by atoms with Gasteiger partial charge in [-0.05, 0) is 44.0 Å². The molecule has 35 heavy (non-hydrogen) atoms. The first-order valence-corrected chi connectivity index (χ1v) is 12.2. The minimum atomic E-state index is -0.707. The first-order chi connectivity index (χ1) is 17.0. The lowest BCUT2D eigenvalue weighted by Gasteiger charge is -2.24. The number of aromatic nitrogens is 2. The van der Waals surface area contributed by atoms with E-state index in [1.807, 2.05) is 40.9 Å². The highest BCUT2D eigenvalue weighted by molar-refractivity contribution is 6.02. The number of benzene rings is 1.